The summed E-state index contributed by atoms with van der Waals surface area (Å²) in [5, 5.41) is 1.09. The van der Waals surface area contributed by atoms with Gasteiger partial charge in [0.25, 0.3) is 0 Å². The van der Waals surface area contributed by atoms with Crippen molar-refractivity contribution >= 4 is 19.8 Å². The van der Waals surface area contributed by atoms with Crippen molar-refractivity contribution in [3.05, 3.63) is 36.4 Å². The molecular formula is C18H26NO8P. The van der Waals surface area contributed by atoms with Gasteiger partial charge in [-0.3, -0.25) is 19.0 Å². The van der Waals surface area contributed by atoms with Gasteiger partial charge in [-0.25, -0.2) is 5.06 Å². The third-order valence-corrected chi connectivity index (χ3v) is 3.75. The summed E-state index contributed by atoms with van der Waals surface area (Å²) >= 11 is 0. The lowest BCUT2D eigenvalue weighted by molar-refractivity contribution is -0.217. The van der Waals surface area contributed by atoms with E-state index >= 15 is 0 Å². The summed E-state index contributed by atoms with van der Waals surface area (Å²) in [6.45, 7) is 9.12. The average molecular weight is 415 g/mol. The monoisotopic (exact) mass is 415 g/mol. The molecule has 0 saturated carbocycles. The highest BCUT2D eigenvalue weighted by atomic mass is 31.2. The molecule has 0 saturated heterocycles. The molecule has 156 valence electrons. The lowest BCUT2D eigenvalue weighted by Gasteiger charge is -2.26. The Hall–Kier alpha value is -2.19. The number of para-hydroxylation sites is 1. The van der Waals surface area contributed by atoms with E-state index in [0.29, 0.717) is 6.41 Å². The molecule has 10 heteroatoms. The molecule has 0 fully saturated rings. The van der Waals surface area contributed by atoms with Gasteiger partial charge < -0.3 is 19.3 Å². The van der Waals surface area contributed by atoms with E-state index in [9.17, 15) is 14.2 Å². The summed E-state index contributed by atoms with van der Waals surface area (Å²) in [4.78, 5) is 46.9. The molecule has 1 rings (SSSR count). The molecule has 1 aromatic carbocycles. The van der Waals surface area contributed by atoms with Crippen LogP contribution >= 0.6 is 7.60 Å². The maximum absolute atomic E-state index is 12.3. The Labute approximate surface area is 164 Å². The van der Waals surface area contributed by atoms with Crippen LogP contribution in [0.15, 0.2) is 30.9 Å². The van der Waals surface area contributed by atoms with Crippen LogP contribution < -0.4 is 9.47 Å². The molecule has 0 unspecified atom stereocenters. The van der Waals surface area contributed by atoms with Gasteiger partial charge in [-0.1, -0.05) is 18.7 Å². The summed E-state index contributed by atoms with van der Waals surface area (Å²) < 4.78 is 22.3. The summed E-state index contributed by atoms with van der Waals surface area (Å²) in [5.74, 6) is -0.529. The zero-order chi connectivity index (χ0) is 21.4. The van der Waals surface area contributed by atoms with Crippen LogP contribution in [0.3, 0.4) is 0 Å². The van der Waals surface area contributed by atoms with E-state index in [0.717, 1.165) is 5.06 Å². The predicted molar refractivity (Wildman–Crippen MR) is 102 cm³/mol. The normalized spacial score (nSPS) is 11.6. The molecule has 0 aliphatic heterocycles. The molecule has 0 aliphatic carbocycles. The average Bonchev–Trinajstić information content (AvgIpc) is 2.56. The third kappa shape index (κ3) is 8.67. The van der Waals surface area contributed by atoms with E-state index in [1.165, 1.54) is 18.2 Å². The molecule has 0 aliphatic rings. The van der Waals surface area contributed by atoms with Gasteiger partial charge in [-0.2, -0.15) is 0 Å². The smallest absolute Gasteiger partial charge is 0.333 e. The number of rotatable bonds is 12. The van der Waals surface area contributed by atoms with Crippen molar-refractivity contribution in [3.8, 4) is 11.5 Å². The SMILES string of the molecule is C=CCOc1c(OCCN(C=O)OC(C)(C)C)cccc1C(=O)CP(=O)(O)O. The molecule has 0 heterocycles. The largest absolute Gasteiger partial charge is 0.488 e. The van der Waals surface area contributed by atoms with Crippen LogP contribution in [0.25, 0.3) is 0 Å². The molecule has 2 N–H and O–H groups in total. The number of ether oxygens (including phenoxy) is 2. The van der Waals surface area contributed by atoms with Crippen LogP contribution in [0, 0.1) is 0 Å². The van der Waals surface area contributed by atoms with Gasteiger partial charge >= 0.3 is 7.60 Å². The second-order valence-corrected chi connectivity index (χ2v) is 8.42. The highest BCUT2D eigenvalue weighted by Gasteiger charge is 2.25. The van der Waals surface area contributed by atoms with Crippen LogP contribution in [-0.2, 0) is 14.2 Å². The number of carbonyl (C=O) groups excluding carboxylic acids is 2. The maximum atomic E-state index is 12.3. The van der Waals surface area contributed by atoms with Crippen molar-refractivity contribution in [2.75, 3.05) is 25.9 Å². The second-order valence-electron chi connectivity index (χ2n) is 6.78. The third-order valence-electron chi connectivity index (χ3n) is 3.05. The highest BCUT2D eigenvalue weighted by Crippen LogP contribution is 2.38. The second kappa shape index (κ2) is 10.4. The Kier molecular flexibility index (Phi) is 8.84. The molecule has 1 aromatic rings. The molecule has 0 bridgehead atoms. The standard InChI is InChI=1S/C18H26NO8P/c1-5-10-26-17-14(15(21)12-28(22,23)24)7-6-8-16(17)25-11-9-19(13-20)27-18(2,3)4/h5-8,13H,1,9-12H2,2-4H3,(H2,22,23,24). The van der Waals surface area contributed by atoms with E-state index in [4.69, 9.17) is 24.1 Å². The molecule has 0 aromatic heterocycles. The fourth-order valence-corrected chi connectivity index (χ4v) is 2.67. The zero-order valence-corrected chi connectivity index (χ0v) is 17.1. The van der Waals surface area contributed by atoms with Crippen LogP contribution in [-0.4, -0.2) is 58.6 Å². The van der Waals surface area contributed by atoms with Crippen LogP contribution in [0.5, 0.6) is 11.5 Å². The zero-order valence-electron chi connectivity index (χ0n) is 16.2. The van der Waals surface area contributed by atoms with E-state index in [1.54, 1.807) is 26.8 Å². The first-order chi connectivity index (χ1) is 13.0. The van der Waals surface area contributed by atoms with Crippen LogP contribution in [0.2, 0.25) is 0 Å². The number of hydrogen-bond acceptors (Lipinski definition) is 6. The van der Waals surface area contributed by atoms with Crippen LogP contribution in [0.4, 0.5) is 0 Å². The number of nitrogens with zero attached hydrogens (tertiary/aromatic N) is 1. The van der Waals surface area contributed by atoms with E-state index < -0.39 is 25.1 Å². The number of Topliss-reactive ketones (excluding diaryl/α,β-unsaturated/α-hetero) is 1. The molecular weight excluding hydrogens is 389 g/mol. The minimum absolute atomic E-state index is 0.0131. The molecule has 0 radical (unpaired) electrons. The van der Waals surface area contributed by atoms with Crippen molar-refractivity contribution in [2.24, 2.45) is 0 Å². The first kappa shape index (κ1) is 23.8. The lowest BCUT2D eigenvalue weighted by Crippen LogP contribution is -2.35. The van der Waals surface area contributed by atoms with Gasteiger partial charge in [0.05, 0.1) is 17.7 Å². The van der Waals surface area contributed by atoms with E-state index in [1.807, 2.05) is 0 Å². The fraction of sp³-hybridized carbons (Fsp3) is 0.444. The Balaban J connectivity index is 2.96. The Bertz CT molecular complexity index is 738. The number of amides is 1. The van der Waals surface area contributed by atoms with Crippen molar-refractivity contribution in [3.63, 3.8) is 0 Å². The van der Waals surface area contributed by atoms with Gasteiger partial charge in [0.1, 0.15) is 19.4 Å². The number of carbonyl (C=O) groups is 2. The maximum Gasteiger partial charge on any atom is 0.333 e. The molecule has 0 spiro atoms. The molecule has 28 heavy (non-hydrogen) atoms. The lowest BCUT2D eigenvalue weighted by atomic mass is 10.1. The molecule has 1 amide bonds. The topological polar surface area (TPSA) is 123 Å². The fourth-order valence-electron chi connectivity index (χ4n) is 2.13. The Morgan fingerprint density at radius 2 is 1.96 bits per heavy atom. The van der Waals surface area contributed by atoms with Crippen LogP contribution in [0.1, 0.15) is 31.1 Å². The summed E-state index contributed by atoms with van der Waals surface area (Å²) in [6, 6.07) is 4.44. The van der Waals surface area contributed by atoms with Gasteiger partial charge in [-0.05, 0) is 32.9 Å². The minimum Gasteiger partial charge on any atom is -0.488 e. The number of hydrogen-bond donors (Lipinski definition) is 2. The van der Waals surface area contributed by atoms with Gasteiger partial charge in [0.15, 0.2) is 17.3 Å². The van der Waals surface area contributed by atoms with Gasteiger partial charge in [0, 0.05) is 0 Å². The summed E-state index contributed by atoms with van der Waals surface area (Å²) in [6.07, 6.45) is 1.04. The van der Waals surface area contributed by atoms with Crippen molar-refractivity contribution < 1.29 is 38.3 Å². The minimum atomic E-state index is -4.53. The first-order valence-corrected chi connectivity index (χ1v) is 10.2. The predicted octanol–water partition coefficient (Wildman–Crippen LogP) is 2.18. The number of ketones is 1. The summed E-state index contributed by atoms with van der Waals surface area (Å²) in [7, 11) is -4.53. The van der Waals surface area contributed by atoms with Gasteiger partial charge in [0.2, 0.25) is 6.41 Å². The van der Waals surface area contributed by atoms with E-state index in [-0.39, 0.29) is 36.8 Å². The number of benzene rings is 1. The summed E-state index contributed by atoms with van der Waals surface area (Å²) in [5.41, 5.74) is -0.575. The van der Waals surface area contributed by atoms with E-state index in [2.05, 4.69) is 6.58 Å². The molecule has 9 nitrogen and oxygen atoms in total. The quantitative estimate of drug-likeness (QED) is 0.175. The Morgan fingerprint density at radius 1 is 1.29 bits per heavy atom. The van der Waals surface area contributed by atoms with Crippen molar-refractivity contribution in [1.82, 2.24) is 5.06 Å². The number of hydroxylamine groups is 2. The Morgan fingerprint density at radius 3 is 2.50 bits per heavy atom. The van der Waals surface area contributed by atoms with Gasteiger partial charge in [-0.15, -0.1) is 0 Å². The first-order valence-electron chi connectivity index (χ1n) is 8.45. The van der Waals surface area contributed by atoms with Crippen molar-refractivity contribution in [1.29, 1.82) is 0 Å². The van der Waals surface area contributed by atoms with Crippen molar-refractivity contribution in [2.45, 2.75) is 26.4 Å². The highest BCUT2D eigenvalue weighted by molar-refractivity contribution is 7.52. The molecule has 0 atom stereocenters.